The maximum Gasteiger partial charge on any atom is 0.274 e. The Balaban J connectivity index is 2.41. The average molecular weight is 356 g/mol. The molecule has 0 aromatic heterocycles. The Morgan fingerprint density at radius 2 is 2.12 bits per heavy atom. The fourth-order valence-corrected chi connectivity index (χ4v) is 4.65. The highest BCUT2D eigenvalue weighted by molar-refractivity contribution is 7.89. The Bertz CT molecular complexity index is 690. The molecule has 1 saturated heterocycles. The van der Waals surface area contributed by atoms with Crippen LogP contribution >= 0.6 is 0 Å². The summed E-state index contributed by atoms with van der Waals surface area (Å²) >= 11 is 0. The second-order valence-corrected chi connectivity index (χ2v) is 7.55. The van der Waals surface area contributed by atoms with Crippen LogP contribution in [0.3, 0.4) is 0 Å². The van der Waals surface area contributed by atoms with E-state index in [2.05, 4.69) is 5.48 Å². The molecule has 1 heterocycles. The number of rotatable bonds is 6. The van der Waals surface area contributed by atoms with Crippen LogP contribution in [0, 0.1) is 0 Å². The number of nitrogens with one attached hydrogen (secondary N) is 1. The largest absolute Gasteiger partial charge is 0.495 e. The molecule has 8 heteroatoms. The van der Waals surface area contributed by atoms with Gasteiger partial charge < -0.3 is 4.74 Å². The number of sulfonamides is 1. The zero-order valence-corrected chi connectivity index (χ0v) is 15.1. The molecule has 0 unspecified atom stereocenters. The van der Waals surface area contributed by atoms with Gasteiger partial charge in [-0.1, -0.05) is 6.42 Å². The van der Waals surface area contributed by atoms with Crippen LogP contribution < -0.4 is 10.2 Å². The van der Waals surface area contributed by atoms with Crippen molar-refractivity contribution in [1.29, 1.82) is 0 Å². The average Bonchev–Trinajstić information content (AvgIpc) is 2.59. The summed E-state index contributed by atoms with van der Waals surface area (Å²) in [7, 11) is -2.33. The normalized spacial score (nSPS) is 19.0. The van der Waals surface area contributed by atoms with Crippen molar-refractivity contribution in [3.8, 4) is 5.75 Å². The van der Waals surface area contributed by atoms with Gasteiger partial charge in [0.1, 0.15) is 10.6 Å². The summed E-state index contributed by atoms with van der Waals surface area (Å²) in [6.07, 6.45) is 2.67. The molecule has 7 nitrogen and oxygen atoms in total. The number of nitrogens with zero attached hydrogens (tertiary/aromatic N) is 1. The van der Waals surface area contributed by atoms with E-state index in [0.717, 1.165) is 19.3 Å². The van der Waals surface area contributed by atoms with Gasteiger partial charge >= 0.3 is 0 Å². The molecule has 0 bridgehead atoms. The Hall–Kier alpha value is -1.64. The van der Waals surface area contributed by atoms with E-state index in [1.54, 1.807) is 6.92 Å². The van der Waals surface area contributed by atoms with Gasteiger partial charge in [0, 0.05) is 18.2 Å². The minimum atomic E-state index is -3.74. The summed E-state index contributed by atoms with van der Waals surface area (Å²) < 4.78 is 32.8. The van der Waals surface area contributed by atoms with Crippen LogP contribution in [-0.4, -0.2) is 44.9 Å². The van der Waals surface area contributed by atoms with Crippen molar-refractivity contribution >= 4 is 15.9 Å². The lowest BCUT2D eigenvalue weighted by Gasteiger charge is -2.32. The van der Waals surface area contributed by atoms with Crippen molar-refractivity contribution in [3.05, 3.63) is 23.8 Å². The highest BCUT2D eigenvalue weighted by Crippen LogP contribution is 2.31. The van der Waals surface area contributed by atoms with Gasteiger partial charge in [-0.25, -0.2) is 13.9 Å². The highest BCUT2D eigenvalue weighted by Gasteiger charge is 2.33. The number of methoxy groups -OCH3 is 1. The topological polar surface area (TPSA) is 84.9 Å². The van der Waals surface area contributed by atoms with Crippen LogP contribution in [0.2, 0.25) is 0 Å². The first-order valence-corrected chi connectivity index (χ1v) is 9.47. The third-order valence-corrected chi connectivity index (χ3v) is 6.10. The van der Waals surface area contributed by atoms with Gasteiger partial charge in [-0.15, -0.1) is 0 Å². The SMILES string of the molecule is CCONC(=O)c1ccc(OC)c(S(=O)(=O)N2CCCC[C@H]2C)c1. The Morgan fingerprint density at radius 3 is 2.75 bits per heavy atom. The zero-order valence-electron chi connectivity index (χ0n) is 14.2. The molecule has 24 heavy (non-hydrogen) atoms. The van der Waals surface area contributed by atoms with Gasteiger partial charge in [0.25, 0.3) is 5.91 Å². The maximum atomic E-state index is 13.0. The van der Waals surface area contributed by atoms with Gasteiger partial charge in [0.2, 0.25) is 10.0 Å². The minimum Gasteiger partial charge on any atom is -0.495 e. The van der Waals surface area contributed by atoms with E-state index in [1.165, 1.54) is 29.6 Å². The molecule has 1 aliphatic heterocycles. The van der Waals surface area contributed by atoms with Crippen LogP contribution in [-0.2, 0) is 14.9 Å². The van der Waals surface area contributed by atoms with E-state index in [-0.39, 0.29) is 22.3 Å². The van der Waals surface area contributed by atoms with Crippen LogP contribution in [0.25, 0.3) is 0 Å². The Kier molecular flexibility index (Phi) is 6.20. The van der Waals surface area contributed by atoms with Crippen molar-refractivity contribution in [2.75, 3.05) is 20.3 Å². The molecule has 0 radical (unpaired) electrons. The molecule has 1 N–H and O–H groups in total. The molecular formula is C16H24N2O5S. The molecular weight excluding hydrogens is 332 g/mol. The first kappa shape index (κ1) is 18.7. The predicted octanol–water partition coefficient (Wildman–Crippen LogP) is 1.94. The molecule has 1 amide bonds. The summed E-state index contributed by atoms with van der Waals surface area (Å²) in [5, 5.41) is 0. The van der Waals surface area contributed by atoms with Crippen LogP contribution in [0.4, 0.5) is 0 Å². The van der Waals surface area contributed by atoms with E-state index < -0.39 is 15.9 Å². The number of benzene rings is 1. The summed E-state index contributed by atoms with van der Waals surface area (Å²) in [4.78, 5) is 16.9. The Morgan fingerprint density at radius 1 is 1.38 bits per heavy atom. The first-order chi connectivity index (χ1) is 11.4. The zero-order chi connectivity index (χ0) is 17.7. The number of amides is 1. The fraction of sp³-hybridized carbons (Fsp3) is 0.562. The van der Waals surface area contributed by atoms with Gasteiger partial charge in [-0.05, 0) is 44.9 Å². The van der Waals surface area contributed by atoms with Crippen molar-refractivity contribution in [2.45, 2.75) is 44.0 Å². The summed E-state index contributed by atoms with van der Waals surface area (Å²) in [6, 6.07) is 4.26. The quantitative estimate of drug-likeness (QED) is 0.788. The van der Waals surface area contributed by atoms with Gasteiger partial charge in [-0.2, -0.15) is 4.31 Å². The number of carbonyl (C=O) groups excluding carboxylic acids is 1. The molecule has 1 aromatic rings. The van der Waals surface area contributed by atoms with Crippen LogP contribution in [0.5, 0.6) is 5.75 Å². The van der Waals surface area contributed by atoms with Gasteiger partial charge in [-0.3, -0.25) is 9.63 Å². The van der Waals surface area contributed by atoms with E-state index >= 15 is 0 Å². The number of carbonyl (C=O) groups is 1. The van der Waals surface area contributed by atoms with Crippen LogP contribution in [0.15, 0.2) is 23.1 Å². The van der Waals surface area contributed by atoms with E-state index in [1.807, 2.05) is 6.92 Å². The third-order valence-electron chi connectivity index (χ3n) is 4.06. The lowest BCUT2D eigenvalue weighted by molar-refractivity contribution is 0.0364. The van der Waals surface area contributed by atoms with E-state index in [4.69, 9.17) is 9.57 Å². The molecule has 0 spiro atoms. The number of piperidine rings is 1. The second kappa shape index (κ2) is 7.96. The molecule has 1 aromatic carbocycles. The summed E-state index contributed by atoms with van der Waals surface area (Å²) in [5.74, 6) is -0.275. The van der Waals surface area contributed by atoms with Crippen molar-refractivity contribution in [2.24, 2.45) is 0 Å². The Labute approximate surface area is 142 Å². The molecule has 1 aliphatic rings. The monoisotopic (exact) mass is 356 g/mol. The number of hydrogen-bond donors (Lipinski definition) is 1. The lowest BCUT2D eigenvalue weighted by atomic mass is 10.1. The molecule has 2 rings (SSSR count). The summed E-state index contributed by atoms with van der Waals surface area (Å²) in [6.45, 7) is 4.43. The second-order valence-electron chi connectivity index (χ2n) is 5.69. The highest BCUT2D eigenvalue weighted by atomic mass is 32.2. The number of hydroxylamine groups is 1. The van der Waals surface area contributed by atoms with Crippen molar-refractivity contribution < 1.29 is 22.8 Å². The number of ether oxygens (including phenoxy) is 1. The maximum absolute atomic E-state index is 13.0. The molecule has 134 valence electrons. The van der Waals surface area contributed by atoms with Crippen LogP contribution in [0.1, 0.15) is 43.5 Å². The first-order valence-electron chi connectivity index (χ1n) is 8.03. The van der Waals surface area contributed by atoms with Crippen molar-refractivity contribution in [1.82, 2.24) is 9.79 Å². The van der Waals surface area contributed by atoms with E-state index in [9.17, 15) is 13.2 Å². The fourth-order valence-electron chi connectivity index (χ4n) is 2.77. The minimum absolute atomic E-state index is 0.00268. The summed E-state index contributed by atoms with van der Waals surface area (Å²) in [5.41, 5.74) is 2.47. The molecule has 1 fully saturated rings. The standard InChI is InChI=1S/C16H24N2O5S/c1-4-23-17-16(19)13-8-9-14(22-3)15(11-13)24(20,21)18-10-6-5-7-12(18)2/h8-9,11-12H,4-7,10H2,1-3H3,(H,17,19)/t12-/m1/s1. The van der Waals surface area contributed by atoms with Gasteiger partial charge in [0.05, 0.1) is 13.7 Å². The smallest absolute Gasteiger partial charge is 0.274 e. The molecule has 0 saturated carbocycles. The number of hydrogen-bond acceptors (Lipinski definition) is 5. The van der Waals surface area contributed by atoms with Crippen molar-refractivity contribution in [3.63, 3.8) is 0 Å². The molecule has 1 atom stereocenters. The predicted molar refractivity (Wildman–Crippen MR) is 89.3 cm³/mol. The third kappa shape index (κ3) is 3.88. The molecule has 0 aliphatic carbocycles. The van der Waals surface area contributed by atoms with E-state index in [0.29, 0.717) is 13.2 Å². The van der Waals surface area contributed by atoms with Gasteiger partial charge in [0.15, 0.2) is 0 Å². The lowest BCUT2D eigenvalue weighted by Crippen LogP contribution is -2.42.